The molecule has 1 aromatic heterocycles. The number of carbonyl (C=O) groups excluding carboxylic acids is 1. The molecule has 0 fully saturated rings. The van der Waals surface area contributed by atoms with Gasteiger partial charge in [0.2, 0.25) is 0 Å². The fourth-order valence-electron chi connectivity index (χ4n) is 2.16. The smallest absolute Gasteiger partial charge is 0.326 e. The molecule has 1 rings (SSSR count). The highest BCUT2D eigenvalue weighted by atomic mass is 35.5. The quantitative estimate of drug-likeness (QED) is 0.563. The van der Waals surface area contributed by atoms with Crippen LogP contribution in [0.3, 0.4) is 0 Å². The van der Waals surface area contributed by atoms with Crippen LogP contribution in [0.1, 0.15) is 40.0 Å². The summed E-state index contributed by atoms with van der Waals surface area (Å²) in [7, 11) is 0. The van der Waals surface area contributed by atoms with Gasteiger partial charge in [0.1, 0.15) is 5.54 Å². The summed E-state index contributed by atoms with van der Waals surface area (Å²) in [5, 5.41) is 8.00. The molecule has 0 aliphatic carbocycles. The molecule has 1 unspecified atom stereocenters. The number of hydrogen-bond acceptors (Lipinski definition) is 4. The molecule has 1 heterocycles. The Morgan fingerprint density at radius 1 is 1.50 bits per heavy atom. The molecular formula is C14H24ClN3O2. The summed E-state index contributed by atoms with van der Waals surface area (Å²) >= 11 is 5.81. The lowest BCUT2D eigenvalue weighted by atomic mass is 9.94. The molecule has 0 amide bonds. The molecule has 0 spiro atoms. The number of ether oxygens (including phenoxy) is 1. The fourth-order valence-corrected chi connectivity index (χ4v) is 2.31. The SMILES string of the molecule is CCNC(C)(CCCCn1cc(Cl)cn1)C(=O)OCC. The van der Waals surface area contributed by atoms with Gasteiger partial charge in [-0.3, -0.25) is 9.48 Å². The molecule has 0 aromatic carbocycles. The number of hydrogen-bond donors (Lipinski definition) is 1. The second kappa shape index (κ2) is 8.27. The molecule has 114 valence electrons. The van der Waals surface area contributed by atoms with E-state index in [9.17, 15) is 4.79 Å². The third kappa shape index (κ3) is 5.13. The van der Waals surface area contributed by atoms with Gasteiger partial charge in [-0.25, -0.2) is 0 Å². The maximum Gasteiger partial charge on any atom is 0.326 e. The Labute approximate surface area is 125 Å². The van der Waals surface area contributed by atoms with Crippen LogP contribution in [0, 0.1) is 0 Å². The number of nitrogens with zero attached hydrogens (tertiary/aromatic N) is 2. The second-order valence-corrected chi connectivity index (χ2v) is 5.40. The summed E-state index contributed by atoms with van der Waals surface area (Å²) in [6.45, 7) is 7.67. The number of halogens is 1. The summed E-state index contributed by atoms with van der Waals surface area (Å²) in [4.78, 5) is 12.0. The van der Waals surface area contributed by atoms with Gasteiger partial charge in [0.25, 0.3) is 0 Å². The number of unbranched alkanes of at least 4 members (excludes halogenated alkanes) is 1. The average molecular weight is 302 g/mol. The number of aromatic nitrogens is 2. The molecule has 6 heteroatoms. The fraction of sp³-hybridized carbons (Fsp3) is 0.714. The van der Waals surface area contributed by atoms with Crippen molar-refractivity contribution in [3.8, 4) is 0 Å². The Balaban J connectivity index is 2.40. The number of aryl methyl sites for hydroxylation is 1. The third-order valence-corrected chi connectivity index (χ3v) is 3.40. The van der Waals surface area contributed by atoms with Gasteiger partial charge < -0.3 is 10.1 Å². The summed E-state index contributed by atoms with van der Waals surface area (Å²) in [5.41, 5.74) is -0.605. The number of rotatable bonds is 9. The van der Waals surface area contributed by atoms with Gasteiger partial charge in [-0.2, -0.15) is 5.10 Å². The maximum atomic E-state index is 12.0. The summed E-state index contributed by atoms with van der Waals surface area (Å²) in [5.74, 6) is -0.177. The summed E-state index contributed by atoms with van der Waals surface area (Å²) in [6, 6.07) is 0. The van der Waals surface area contributed by atoms with Crippen LogP contribution in [-0.2, 0) is 16.1 Å². The van der Waals surface area contributed by atoms with E-state index >= 15 is 0 Å². The predicted octanol–water partition coefficient (Wildman–Crippen LogP) is 2.64. The molecule has 0 bridgehead atoms. The summed E-state index contributed by atoms with van der Waals surface area (Å²) < 4.78 is 6.96. The minimum absolute atomic E-state index is 0.177. The van der Waals surface area contributed by atoms with Crippen LogP contribution in [0.5, 0.6) is 0 Å². The number of carbonyl (C=O) groups is 1. The first-order valence-electron chi connectivity index (χ1n) is 7.12. The predicted molar refractivity (Wildman–Crippen MR) is 79.8 cm³/mol. The molecule has 0 aliphatic heterocycles. The van der Waals surface area contributed by atoms with E-state index in [4.69, 9.17) is 16.3 Å². The molecule has 0 radical (unpaired) electrons. The van der Waals surface area contributed by atoms with Crippen molar-refractivity contribution in [3.63, 3.8) is 0 Å². The molecule has 0 aliphatic rings. The van der Waals surface area contributed by atoms with E-state index in [0.717, 1.165) is 32.4 Å². The standard InChI is InChI=1S/C14H24ClN3O2/c1-4-16-14(3,13(19)20-5-2)8-6-7-9-18-11-12(15)10-17-18/h10-11,16H,4-9H2,1-3H3. The third-order valence-electron chi connectivity index (χ3n) is 3.21. The van der Waals surface area contributed by atoms with Crippen molar-refractivity contribution < 1.29 is 9.53 Å². The Hall–Kier alpha value is -1.07. The van der Waals surface area contributed by atoms with E-state index in [0.29, 0.717) is 11.6 Å². The zero-order valence-electron chi connectivity index (χ0n) is 12.5. The number of esters is 1. The van der Waals surface area contributed by atoms with Crippen molar-refractivity contribution >= 4 is 17.6 Å². The first kappa shape index (κ1) is 17.0. The van der Waals surface area contributed by atoms with Crippen LogP contribution in [0.15, 0.2) is 12.4 Å². The molecule has 1 atom stereocenters. The lowest BCUT2D eigenvalue weighted by Crippen LogP contribution is -2.50. The van der Waals surface area contributed by atoms with E-state index in [2.05, 4.69) is 10.4 Å². The Morgan fingerprint density at radius 3 is 2.80 bits per heavy atom. The minimum Gasteiger partial charge on any atom is -0.465 e. The zero-order chi connectivity index (χ0) is 15.0. The van der Waals surface area contributed by atoms with Gasteiger partial charge in [-0.05, 0) is 39.7 Å². The van der Waals surface area contributed by atoms with E-state index in [1.807, 2.05) is 25.5 Å². The van der Waals surface area contributed by atoms with Gasteiger partial charge in [0.05, 0.1) is 17.8 Å². The Morgan fingerprint density at radius 2 is 2.25 bits per heavy atom. The van der Waals surface area contributed by atoms with E-state index in [1.54, 1.807) is 12.4 Å². The normalized spacial score (nSPS) is 14.0. The molecule has 5 nitrogen and oxygen atoms in total. The first-order chi connectivity index (χ1) is 9.51. The van der Waals surface area contributed by atoms with Crippen LogP contribution in [-0.4, -0.2) is 34.4 Å². The van der Waals surface area contributed by atoms with Crippen LogP contribution >= 0.6 is 11.6 Å². The van der Waals surface area contributed by atoms with Crippen LogP contribution in [0.2, 0.25) is 5.02 Å². The van der Waals surface area contributed by atoms with Gasteiger partial charge in [-0.1, -0.05) is 18.5 Å². The van der Waals surface area contributed by atoms with Gasteiger partial charge in [-0.15, -0.1) is 0 Å². The monoisotopic (exact) mass is 301 g/mol. The second-order valence-electron chi connectivity index (χ2n) is 4.96. The highest BCUT2D eigenvalue weighted by Crippen LogP contribution is 2.17. The molecule has 1 N–H and O–H groups in total. The van der Waals surface area contributed by atoms with Crippen molar-refractivity contribution in [2.45, 2.75) is 52.1 Å². The largest absolute Gasteiger partial charge is 0.465 e. The summed E-state index contributed by atoms with van der Waals surface area (Å²) in [6.07, 6.45) is 6.03. The molecule has 0 saturated carbocycles. The first-order valence-corrected chi connectivity index (χ1v) is 7.50. The molecular weight excluding hydrogens is 278 g/mol. The van der Waals surface area contributed by atoms with Gasteiger partial charge >= 0.3 is 5.97 Å². The molecule has 0 saturated heterocycles. The highest BCUT2D eigenvalue weighted by Gasteiger charge is 2.32. The van der Waals surface area contributed by atoms with Crippen LogP contribution in [0.4, 0.5) is 0 Å². The Kier molecular flexibility index (Phi) is 7.02. The molecule has 20 heavy (non-hydrogen) atoms. The zero-order valence-corrected chi connectivity index (χ0v) is 13.2. The van der Waals surface area contributed by atoms with Crippen molar-refractivity contribution in [1.82, 2.24) is 15.1 Å². The number of likely N-dealkylation sites (N-methyl/N-ethyl adjacent to an activating group) is 1. The van der Waals surface area contributed by atoms with Gasteiger partial charge in [0.15, 0.2) is 0 Å². The topological polar surface area (TPSA) is 56.2 Å². The highest BCUT2D eigenvalue weighted by molar-refractivity contribution is 6.30. The maximum absolute atomic E-state index is 12.0. The lowest BCUT2D eigenvalue weighted by molar-refractivity contribution is -0.150. The number of nitrogens with one attached hydrogen (secondary N) is 1. The Bertz CT molecular complexity index is 422. The van der Waals surface area contributed by atoms with Crippen molar-refractivity contribution in [2.24, 2.45) is 0 Å². The van der Waals surface area contributed by atoms with E-state index < -0.39 is 5.54 Å². The van der Waals surface area contributed by atoms with Crippen molar-refractivity contribution in [3.05, 3.63) is 17.4 Å². The average Bonchev–Trinajstić information content (AvgIpc) is 2.81. The van der Waals surface area contributed by atoms with Crippen LogP contribution < -0.4 is 5.32 Å². The van der Waals surface area contributed by atoms with Crippen LogP contribution in [0.25, 0.3) is 0 Å². The van der Waals surface area contributed by atoms with E-state index in [-0.39, 0.29) is 5.97 Å². The minimum atomic E-state index is -0.605. The molecule has 1 aromatic rings. The van der Waals surface area contributed by atoms with Gasteiger partial charge in [0, 0.05) is 12.7 Å². The lowest BCUT2D eigenvalue weighted by Gasteiger charge is -2.28. The van der Waals surface area contributed by atoms with E-state index in [1.165, 1.54) is 0 Å². The van der Waals surface area contributed by atoms with Crippen molar-refractivity contribution in [1.29, 1.82) is 0 Å². The van der Waals surface area contributed by atoms with Crippen molar-refractivity contribution in [2.75, 3.05) is 13.2 Å².